The molecule has 0 aliphatic carbocycles. The first kappa shape index (κ1) is 24.6. The van der Waals surface area contributed by atoms with Crippen molar-refractivity contribution in [3.8, 4) is 0 Å². The summed E-state index contributed by atoms with van der Waals surface area (Å²) in [4.78, 5) is 25.4. The second kappa shape index (κ2) is 11.7. The number of nitrogens with one attached hydrogen (secondary N) is 2. The molecule has 1 aromatic heterocycles. The minimum atomic E-state index is 0. The predicted octanol–water partition coefficient (Wildman–Crippen LogP) is 3.42. The third-order valence-corrected chi connectivity index (χ3v) is 6.14. The van der Waals surface area contributed by atoms with Crippen molar-refractivity contribution in [2.45, 2.75) is 38.4 Å². The molecule has 2 N–H and O–H groups in total. The lowest BCUT2D eigenvalue weighted by Gasteiger charge is -2.20. The van der Waals surface area contributed by atoms with Gasteiger partial charge in [-0.15, -0.1) is 24.0 Å². The van der Waals surface area contributed by atoms with Crippen LogP contribution in [0.1, 0.15) is 30.4 Å². The van der Waals surface area contributed by atoms with Crippen molar-refractivity contribution in [2.24, 2.45) is 4.99 Å². The number of carbonyl (C=O) groups is 1. The lowest BCUT2D eigenvalue weighted by molar-refractivity contribution is -0.131. The first-order valence-corrected chi connectivity index (χ1v) is 11.2. The Balaban J connectivity index is 0.00000289. The number of hydrogen-bond donors (Lipinski definition) is 2. The second-order valence-corrected chi connectivity index (χ2v) is 8.41. The number of pyridine rings is 1. The topological polar surface area (TPSA) is 72.9 Å². The standard InChI is InChI=1S/C23H29ClN6O.HI/c1-25-23(28-19-10-13-29(16-19)22-20(24)8-4-11-26-22)27-12-5-9-21(31)30-14-17-6-2-3-7-18(17)15-30;/h2-4,6-8,11,19H,5,9-10,12-16H2,1H3,(H2,25,27,28);1H. The molecule has 7 nitrogen and oxygen atoms in total. The van der Waals surface area contributed by atoms with Gasteiger partial charge in [-0.3, -0.25) is 9.79 Å². The molecule has 0 saturated carbocycles. The maximum atomic E-state index is 12.5. The van der Waals surface area contributed by atoms with Crippen molar-refractivity contribution in [2.75, 3.05) is 31.6 Å². The fourth-order valence-electron chi connectivity index (χ4n) is 4.18. The number of benzene rings is 1. The highest BCUT2D eigenvalue weighted by atomic mass is 127. The fourth-order valence-corrected chi connectivity index (χ4v) is 4.42. The number of carbonyl (C=O) groups excluding carboxylic acids is 1. The molecule has 32 heavy (non-hydrogen) atoms. The minimum Gasteiger partial charge on any atom is -0.356 e. The Morgan fingerprint density at radius 1 is 1.22 bits per heavy atom. The Kier molecular flexibility index (Phi) is 8.98. The predicted molar refractivity (Wildman–Crippen MR) is 140 cm³/mol. The number of halogens is 2. The molecule has 1 fully saturated rings. The Bertz CT molecular complexity index is 931. The Morgan fingerprint density at radius 3 is 2.66 bits per heavy atom. The SMILES string of the molecule is CN=C(NCCCC(=O)N1Cc2ccccc2C1)NC1CCN(c2ncccc2Cl)C1.I. The molecule has 0 radical (unpaired) electrons. The van der Waals surface area contributed by atoms with E-state index >= 15 is 0 Å². The molecule has 1 saturated heterocycles. The summed E-state index contributed by atoms with van der Waals surface area (Å²) < 4.78 is 0. The molecule has 4 rings (SSSR count). The summed E-state index contributed by atoms with van der Waals surface area (Å²) in [5, 5.41) is 7.48. The first-order chi connectivity index (χ1) is 15.1. The lowest BCUT2D eigenvalue weighted by atomic mass is 10.1. The zero-order valence-electron chi connectivity index (χ0n) is 18.3. The van der Waals surface area contributed by atoms with Gasteiger partial charge in [-0.2, -0.15) is 0 Å². The number of aromatic nitrogens is 1. The van der Waals surface area contributed by atoms with Crippen LogP contribution in [0.5, 0.6) is 0 Å². The number of hydrogen-bond acceptors (Lipinski definition) is 4. The molecule has 1 amide bonds. The van der Waals surface area contributed by atoms with Crippen LogP contribution in [0.4, 0.5) is 5.82 Å². The molecule has 1 unspecified atom stereocenters. The second-order valence-electron chi connectivity index (χ2n) is 8.01. The molecule has 1 atom stereocenters. The summed E-state index contributed by atoms with van der Waals surface area (Å²) in [7, 11) is 1.77. The number of guanidine groups is 1. The van der Waals surface area contributed by atoms with E-state index in [1.807, 2.05) is 29.2 Å². The number of aliphatic imine (C=N–C) groups is 1. The molecule has 2 aliphatic heterocycles. The molecule has 1 aromatic carbocycles. The van der Waals surface area contributed by atoms with E-state index in [0.717, 1.165) is 50.8 Å². The van der Waals surface area contributed by atoms with E-state index < -0.39 is 0 Å². The van der Waals surface area contributed by atoms with Crippen LogP contribution in [0, 0.1) is 0 Å². The largest absolute Gasteiger partial charge is 0.356 e. The summed E-state index contributed by atoms with van der Waals surface area (Å²) >= 11 is 6.28. The van der Waals surface area contributed by atoms with E-state index in [1.165, 1.54) is 11.1 Å². The Morgan fingerprint density at radius 2 is 1.97 bits per heavy atom. The van der Waals surface area contributed by atoms with Gasteiger partial charge in [0.15, 0.2) is 5.96 Å². The van der Waals surface area contributed by atoms with E-state index in [-0.39, 0.29) is 35.9 Å². The smallest absolute Gasteiger partial charge is 0.223 e. The molecule has 172 valence electrons. The zero-order chi connectivity index (χ0) is 21.6. The van der Waals surface area contributed by atoms with Gasteiger partial charge in [0.2, 0.25) is 5.91 Å². The third-order valence-electron chi connectivity index (χ3n) is 5.84. The number of amides is 1. The van der Waals surface area contributed by atoms with E-state index in [2.05, 4.69) is 37.6 Å². The maximum Gasteiger partial charge on any atom is 0.223 e. The van der Waals surface area contributed by atoms with Crippen LogP contribution in [-0.2, 0) is 17.9 Å². The van der Waals surface area contributed by atoms with E-state index in [0.29, 0.717) is 18.0 Å². The zero-order valence-corrected chi connectivity index (χ0v) is 21.3. The average Bonchev–Trinajstić information content (AvgIpc) is 3.43. The molecule has 9 heteroatoms. The molecule has 2 aliphatic rings. The van der Waals surface area contributed by atoms with Gasteiger partial charge in [0.05, 0.1) is 5.02 Å². The molecular formula is C23H30ClIN6O. The van der Waals surface area contributed by atoms with Gasteiger partial charge in [0.25, 0.3) is 0 Å². The highest BCUT2D eigenvalue weighted by Crippen LogP contribution is 2.26. The monoisotopic (exact) mass is 568 g/mol. The molecule has 0 bridgehead atoms. The maximum absolute atomic E-state index is 12.5. The van der Waals surface area contributed by atoms with Crippen molar-refractivity contribution < 1.29 is 4.79 Å². The summed E-state index contributed by atoms with van der Waals surface area (Å²) in [5.74, 6) is 1.80. The summed E-state index contributed by atoms with van der Waals surface area (Å²) in [6.45, 7) is 3.88. The molecule has 0 spiro atoms. The van der Waals surface area contributed by atoms with E-state index in [9.17, 15) is 4.79 Å². The summed E-state index contributed by atoms with van der Waals surface area (Å²) in [5.41, 5.74) is 2.52. The Labute approximate surface area is 211 Å². The van der Waals surface area contributed by atoms with Crippen LogP contribution in [0.2, 0.25) is 5.02 Å². The van der Waals surface area contributed by atoms with E-state index in [4.69, 9.17) is 11.6 Å². The highest BCUT2D eigenvalue weighted by molar-refractivity contribution is 14.0. The normalized spacial score (nSPS) is 17.7. The van der Waals surface area contributed by atoms with Crippen LogP contribution in [-0.4, -0.2) is 54.5 Å². The number of anilines is 1. The van der Waals surface area contributed by atoms with Crippen LogP contribution in [0.15, 0.2) is 47.6 Å². The van der Waals surface area contributed by atoms with Crippen LogP contribution >= 0.6 is 35.6 Å². The van der Waals surface area contributed by atoms with Crippen LogP contribution in [0.25, 0.3) is 0 Å². The molecule has 2 aromatic rings. The first-order valence-electron chi connectivity index (χ1n) is 10.8. The Hall–Kier alpha value is -2.07. The van der Waals surface area contributed by atoms with Crippen LogP contribution in [0.3, 0.4) is 0 Å². The average molecular weight is 569 g/mol. The summed E-state index contributed by atoms with van der Waals surface area (Å²) in [6.07, 6.45) is 4.06. The number of fused-ring (bicyclic) bond motifs is 1. The van der Waals surface area contributed by atoms with Crippen molar-refractivity contribution >= 4 is 53.3 Å². The molecular weight excluding hydrogens is 539 g/mol. The van der Waals surface area contributed by atoms with Crippen molar-refractivity contribution in [1.82, 2.24) is 20.5 Å². The van der Waals surface area contributed by atoms with Gasteiger partial charge in [-0.05, 0) is 36.1 Å². The highest BCUT2D eigenvalue weighted by Gasteiger charge is 2.26. The van der Waals surface area contributed by atoms with Gasteiger partial charge in [-0.1, -0.05) is 35.9 Å². The van der Waals surface area contributed by atoms with Crippen LogP contribution < -0.4 is 15.5 Å². The summed E-state index contributed by atoms with van der Waals surface area (Å²) in [6, 6.07) is 12.3. The number of rotatable bonds is 6. The quantitative estimate of drug-likeness (QED) is 0.242. The van der Waals surface area contributed by atoms with Gasteiger partial charge in [0.1, 0.15) is 5.82 Å². The molecule has 3 heterocycles. The van der Waals surface area contributed by atoms with E-state index in [1.54, 1.807) is 13.2 Å². The van der Waals surface area contributed by atoms with Gasteiger partial charge >= 0.3 is 0 Å². The number of nitrogens with zero attached hydrogens (tertiary/aromatic N) is 4. The van der Waals surface area contributed by atoms with Crippen molar-refractivity contribution in [3.63, 3.8) is 0 Å². The van der Waals surface area contributed by atoms with Crippen molar-refractivity contribution in [1.29, 1.82) is 0 Å². The van der Waals surface area contributed by atoms with Gasteiger partial charge < -0.3 is 20.4 Å². The fraction of sp³-hybridized carbons (Fsp3) is 0.435. The van der Waals surface area contributed by atoms with Gasteiger partial charge in [0, 0.05) is 58.4 Å². The minimum absolute atomic E-state index is 0. The lowest BCUT2D eigenvalue weighted by Crippen LogP contribution is -2.45. The van der Waals surface area contributed by atoms with Crippen molar-refractivity contribution in [3.05, 3.63) is 58.7 Å². The third kappa shape index (κ3) is 6.04. The van der Waals surface area contributed by atoms with Gasteiger partial charge in [-0.25, -0.2) is 4.98 Å².